The summed E-state index contributed by atoms with van der Waals surface area (Å²) < 4.78 is 28.2. The molecule has 0 unspecified atom stereocenters. The van der Waals surface area contributed by atoms with Gasteiger partial charge in [-0.3, -0.25) is 0 Å². The molecule has 2 rings (SSSR count). The molecule has 0 aromatic rings. The average Bonchev–Trinajstić information content (AvgIpc) is 3.27. The van der Waals surface area contributed by atoms with Gasteiger partial charge in [0.2, 0.25) is 0 Å². The van der Waals surface area contributed by atoms with E-state index >= 15 is 0 Å². The average molecular weight is 318 g/mol. The predicted octanol–water partition coefficient (Wildman–Crippen LogP) is 0.331. The van der Waals surface area contributed by atoms with Gasteiger partial charge in [-0.15, -0.1) is 0 Å². The van der Waals surface area contributed by atoms with Crippen LogP contribution in [0, 0.1) is 0 Å². The first-order valence-electron chi connectivity index (χ1n) is 8.02. The quantitative estimate of drug-likeness (QED) is 0.656. The molecule has 6 nitrogen and oxygen atoms in total. The van der Waals surface area contributed by atoms with Crippen LogP contribution in [0.1, 0.15) is 32.1 Å². The molecule has 1 heterocycles. The van der Waals surface area contributed by atoms with Crippen molar-refractivity contribution in [2.75, 3.05) is 47.3 Å². The SMILES string of the molecule is CN(C)C1CCN(S(=O)(=O)N(C)CCCNC2CC2)CC1. The van der Waals surface area contributed by atoms with E-state index < -0.39 is 10.2 Å². The molecule has 0 atom stereocenters. The third kappa shape index (κ3) is 4.89. The summed E-state index contributed by atoms with van der Waals surface area (Å²) in [6.07, 6.45) is 5.26. The van der Waals surface area contributed by atoms with Gasteiger partial charge >= 0.3 is 0 Å². The lowest BCUT2D eigenvalue weighted by Crippen LogP contribution is -2.49. The molecule has 0 radical (unpaired) electrons. The Balaban J connectivity index is 1.74. The van der Waals surface area contributed by atoms with E-state index in [0.717, 1.165) is 25.8 Å². The number of piperidine rings is 1. The van der Waals surface area contributed by atoms with Gasteiger partial charge in [0.15, 0.2) is 0 Å². The summed E-state index contributed by atoms with van der Waals surface area (Å²) in [6.45, 7) is 2.77. The van der Waals surface area contributed by atoms with Gasteiger partial charge in [-0.05, 0) is 52.7 Å². The van der Waals surface area contributed by atoms with Crippen LogP contribution in [0.4, 0.5) is 0 Å². The van der Waals surface area contributed by atoms with Crippen LogP contribution in [-0.2, 0) is 10.2 Å². The van der Waals surface area contributed by atoms with Crippen LogP contribution in [0.2, 0.25) is 0 Å². The van der Waals surface area contributed by atoms with Crippen LogP contribution in [-0.4, -0.2) is 81.3 Å². The first kappa shape index (κ1) is 17.1. The molecule has 2 fully saturated rings. The Bertz CT molecular complexity index is 415. The Labute approximate surface area is 129 Å². The topological polar surface area (TPSA) is 55.9 Å². The number of hydrogen-bond acceptors (Lipinski definition) is 4. The van der Waals surface area contributed by atoms with Gasteiger partial charge in [0, 0.05) is 38.8 Å². The maximum atomic E-state index is 12.5. The zero-order valence-corrected chi connectivity index (χ0v) is 14.4. The Kier molecular flexibility index (Phi) is 6.02. The van der Waals surface area contributed by atoms with Gasteiger partial charge < -0.3 is 10.2 Å². The smallest absolute Gasteiger partial charge is 0.281 e. The number of hydrogen-bond donors (Lipinski definition) is 1. The fourth-order valence-corrected chi connectivity index (χ4v) is 4.22. The zero-order valence-electron chi connectivity index (χ0n) is 13.6. The summed E-state index contributed by atoms with van der Waals surface area (Å²) in [7, 11) is 2.55. The van der Waals surface area contributed by atoms with Crippen molar-refractivity contribution in [3.63, 3.8) is 0 Å². The highest BCUT2D eigenvalue weighted by Gasteiger charge is 2.31. The van der Waals surface area contributed by atoms with Crippen molar-refractivity contribution < 1.29 is 8.42 Å². The molecule has 2 aliphatic rings. The molecule has 0 spiro atoms. The number of nitrogens with one attached hydrogen (secondary N) is 1. The van der Waals surface area contributed by atoms with E-state index in [4.69, 9.17) is 0 Å². The lowest BCUT2D eigenvalue weighted by Gasteiger charge is -2.36. The zero-order chi connectivity index (χ0) is 15.5. The van der Waals surface area contributed by atoms with E-state index in [-0.39, 0.29) is 0 Å². The molecule has 0 bridgehead atoms. The molecule has 1 saturated carbocycles. The maximum Gasteiger partial charge on any atom is 0.281 e. The molecule has 1 N–H and O–H groups in total. The summed E-state index contributed by atoms with van der Waals surface area (Å²) in [5.74, 6) is 0. The number of rotatable bonds is 8. The second-order valence-corrected chi connectivity index (χ2v) is 8.54. The van der Waals surface area contributed by atoms with Crippen molar-refractivity contribution in [3.8, 4) is 0 Å². The molecule has 1 aliphatic heterocycles. The molecule has 1 saturated heterocycles. The summed E-state index contributed by atoms with van der Waals surface area (Å²) in [5, 5.41) is 3.42. The molecule has 0 aromatic heterocycles. The minimum Gasteiger partial charge on any atom is -0.314 e. The minimum absolute atomic E-state index is 0.504. The van der Waals surface area contributed by atoms with Crippen LogP contribution < -0.4 is 5.32 Å². The molecular weight excluding hydrogens is 288 g/mol. The molecule has 0 aromatic carbocycles. The Morgan fingerprint density at radius 3 is 2.24 bits per heavy atom. The van der Waals surface area contributed by atoms with Crippen LogP contribution in [0.3, 0.4) is 0 Å². The summed E-state index contributed by atoms with van der Waals surface area (Å²) in [6, 6.07) is 1.20. The van der Waals surface area contributed by atoms with Crippen LogP contribution >= 0.6 is 0 Å². The molecule has 7 heteroatoms. The van der Waals surface area contributed by atoms with Crippen molar-refractivity contribution in [1.82, 2.24) is 18.8 Å². The van der Waals surface area contributed by atoms with Gasteiger partial charge in [0.05, 0.1) is 0 Å². The van der Waals surface area contributed by atoms with E-state index in [1.807, 2.05) is 0 Å². The Hall–Kier alpha value is -0.210. The molecule has 0 amide bonds. The van der Waals surface area contributed by atoms with Gasteiger partial charge in [0.1, 0.15) is 0 Å². The fraction of sp³-hybridized carbons (Fsp3) is 1.00. The first-order chi connectivity index (χ1) is 9.91. The number of nitrogens with zero attached hydrogens (tertiary/aromatic N) is 3. The minimum atomic E-state index is -3.28. The predicted molar refractivity (Wildman–Crippen MR) is 85.5 cm³/mol. The largest absolute Gasteiger partial charge is 0.314 e. The van der Waals surface area contributed by atoms with Gasteiger partial charge in [-0.1, -0.05) is 0 Å². The van der Waals surface area contributed by atoms with E-state index in [1.165, 1.54) is 17.1 Å². The monoisotopic (exact) mass is 318 g/mol. The standard InChI is InChI=1S/C14H30N4O2S/c1-16(2)14-7-11-18(12-8-14)21(19,20)17(3)10-4-9-15-13-5-6-13/h13-15H,4-12H2,1-3H3. The van der Waals surface area contributed by atoms with Crippen LogP contribution in [0.5, 0.6) is 0 Å². The van der Waals surface area contributed by atoms with Gasteiger partial charge in [0.25, 0.3) is 10.2 Å². The third-order valence-electron chi connectivity index (χ3n) is 4.53. The van der Waals surface area contributed by atoms with Crippen LogP contribution in [0.25, 0.3) is 0 Å². The Morgan fingerprint density at radius 1 is 1.10 bits per heavy atom. The highest BCUT2D eigenvalue weighted by Crippen LogP contribution is 2.19. The van der Waals surface area contributed by atoms with Crippen molar-refractivity contribution in [1.29, 1.82) is 0 Å². The normalized spacial score (nSPS) is 22.3. The van der Waals surface area contributed by atoms with Gasteiger partial charge in [-0.25, -0.2) is 0 Å². The van der Waals surface area contributed by atoms with Gasteiger partial charge in [-0.2, -0.15) is 17.0 Å². The first-order valence-corrected chi connectivity index (χ1v) is 9.42. The molecule has 124 valence electrons. The summed E-state index contributed by atoms with van der Waals surface area (Å²) in [5.41, 5.74) is 0. The third-order valence-corrected chi connectivity index (χ3v) is 6.52. The highest BCUT2D eigenvalue weighted by atomic mass is 32.2. The lowest BCUT2D eigenvalue weighted by atomic mass is 10.1. The van der Waals surface area contributed by atoms with E-state index in [0.29, 0.717) is 31.7 Å². The fourth-order valence-electron chi connectivity index (χ4n) is 2.80. The lowest BCUT2D eigenvalue weighted by molar-refractivity contribution is 0.191. The van der Waals surface area contributed by atoms with Crippen molar-refractivity contribution in [2.24, 2.45) is 0 Å². The highest BCUT2D eigenvalue weighted by molar-refractivity contribution is 7.86. The van der Waals surface area contributed by atoms with E-state index in [2.05, 4.69) is 24.3 Å². The van der Waals surface area contributed by atoms with Crippen molar-refractivity contribution >= 4 is 10.2 Å². The van der Waals surface area contributed by atoms with Crippen LogP contribution in [0.15, 0.2) is 0 Å². The Morgan fingerprint density at radius 2 is 1.71 bits per heavy atom. The van der Waals surface area contributed by atoms with E-state index in [1.54, 1.807) is 11.4 Å². The molecular formula is C14H30N4O2S. The van der Waals surface area contributed by atoms with E-state index in [9.17, 15) is 8.42 Å². The summed E-state index contributed by atoms with van der Waals surface area (Å²) >= 11 is 0. The second-order valence-electron chi connectivity index (χ2n) is 6.51. The second kappa shape index (κ2) is 7.37. The van der Waals surface area contributed by atoms with Crippen molar-refractivity contribution in [2.45, 2.75) is 44.2 Å². The maximum absolute atomic E-state index is 12.5. The van der Waals surface area contributed by atoms with Crippen molar-refractivity contribution in [3.05, 3.63) is 0 Å². The molecule has 1 aliphatic carbocycles. The molecule has 21 heavy (non-hydrogen) atoms. The summed E-state index contributed by atoms with van der Waals surface area (Å²) in [4.78, 5) is 2.19.